The van der Waals surface area contributed by atoms with Crippen LogP contribution in [0.15, 0.2) is 24.5 Å². The van der Waals surface area contributed by atoms with Gasteiger partial charge in [0.25, 0.3) is 0 Å². The van der Waals surface area contributed by atoms with Gasteiger partial charge in [-0.05, 0) is 11.3 Å². The summed E-state index contributed by atoms with van der Waals surface area (Å²) in [6, 6.07) is 2.08. The van der Waals surface area contributed by atoms with Crippen molar-refractivity contribution in [3.8, 4) is 28.6 Å². The Morgan fingerprint density at radius 1 is 1.17 bits per heavy atom. The fourth-order valence-corrected chi connectivity index (χ4v) is 2.41. The van der Waals surface area contributed by atoms with Gasteiger partial charge in [-0.25, -0.2) is 0 Å². The van der Waals surface area contributed by atoms with Crippen molar-refractivity contribution in [1.29, 1.82) is 0 Å². The summed E-state index contributed by atoms with van der Waals surface area (Å²) in [7, 11) is 0. The van der Waals surface area contributed by atoms with Gasteiger partial charge in [-0.15, -0.1) is 15.0 Å². The van der Waals surface area contributed by atoms with Gasteiger partial charge in [0.15, 0.2) is 5.75 Å². The van der Waals surface area contributed by atoms with Crippen molar-refractivity contribution in [3.63, 3.8) is 0 Å². The molecule has 0 spiro atoms. The lowest BCUT2D eigenvalue weighted by molar-refractivity contribution is -0.385. The molecule has 0 aliphatic heterocycles. The maximum absolute atomic E-state index is 10.9. The first-order valence-electron chi connectivity index (χ1n) is 6.18. The third kappa shape index (κ3) is 2.68. The predicted octanol–water partition coefficient (Wildman–Crippen LogP) is 2.35. The van der Waals surface area contributed by atoms with Gasteiger partial charge in [-0.1, -0.05) is 23.2 Å². The van der Waals surface area contributed by atoms with Crippen LogP contribution in [0.3, 0.4) is 0 Å². The van der Waals surface area contributed by atoms with E-state index < -0.39 is 22.1 Å². The molecule has 0 aliphatic carbocycles. The number of hydrogen-bond donors (Lipinski definition) is 2. The molecule has 0 saturated carbocycles. The van der Waals surface area contributed by atoms with Crippen molar-refractivity contribution in [2.75, 3.05) is 0 Å². The number of pyridine rings is 1. The van der Waals surface area contributed by atoms with Crippen molar-refractivity contribution in [2.45, 2.75) is 0 Å². The minimum absolute atomic E-state index is 0.0441. The second kappa shape index (κ2) is 5.91. The number of rotatable bonds is 3. The number of tetrazole rings is 1. The van der Waals surface area contributed by atoms with E-state index in [0.717, 1.165) is 16.9 Å². The van der Waals surface area contributed by atoms with Gasteiger partial charge in [-0.3, -0.25) is 15.1 Å². The number of aromatic hydroxyl groups is 2. The maximum atomic E-state index is 10.9. The van der Waals surface area contributed by atoms with Crippen molar-refractivity contribution >= 4 is 28.9 Å². The van der Waals surface area contributed by atoms with Gasteiger partial charge in [0.05, 0.1) is 15.0 Å². The highest BCUT2D eigenvalue weighted by atomic mass is 35.5. The summed E-state index contributed by atoms with van der Waals surface area (Å²) in [6.45, 7) is 0. The standard InChI is InChI=1S/C12H6Cl2N6O4/c13-6-3-15-4-7(14)10(6)19-17-12(16-18-19)5-1-8(20(23)24)11(22)9(21)2-5/h1-4,21-22H. The molecule has 122 valence electrons. The zero-order valence-electron chi connectivity index (χ0n) is 11.5. The van der Waals surface area contributed by atoms with E-state index in [4.69, 9.17) is 23.2 Å². The Kier molecular flexibility index (Phi) is 3.91. The van der Waals surface area contributed by atoms with Crippen LogP contribution in [0.5, 0.6) is 11.5 Å². The SMILES string of the molecule is O=[N+]([O-])c1cc(-c2nnn(-c3c(Cl)cncc3Cl)n2)cc(O)c1O. The summed E-state index contributed by atoms with van der Waals surface area (Å²) in [4.78, 5) is 14.9. The van der Waals surface area contributed by atoms with Gasteiger partial charge in [0.1, 0.15) is 5.69 Å². The molecule has 1 aromatic carbocycles. The second-order valence-electron chi connectivity index (χ2n) is 4.47. The van der Waals surface area contributed by atoms with E-state index in [1.807, 2.05) is 0 Å². The first kappa shape index (κ1) is 15.9. The molecule has 0 saturated heterocycles. The first-order chi connectivity index (χ1) is 11.4. The summed E-state index contributed by atoms with van der Waals surface area (Å²) in [5.74, 6) is -1.58. The second-order valence-corrected chi connectivity index (χ2v) is 5.29. The molecule has 12 heteroatoms. The molecule has 0 radical (unpaired) electrons. The fraction of sp³-hybridized carbons (Fsp3) is 0. The molecule has 0 atom stereocenters. The van der Waals surface area contributed by atoms with E-state index in [2.05, 4.69) is 20.4 Å². The van der Waals surface area contributed by atoms with Crippen LogP contribution in [0.4, 0.5) is 5.69 Å². The van der Waals surface area contributed by atoms with E-state index in [9.17, 15) is 20.3 Å². The topological polar surface area (TPSA) is 140 Å². The number of phenols is 2. The highest BCUT2D eigenvalue weighted by Crippen LogP contribution is 2.38. The van der Waals surface area contributed by atoms with Crippen LogP contribution in [0.1, 0.15) is 0 Å². The lowest BCUT2D eigenvalue weighted by Gasteiger charge is -2.03. The van der Waals surface area contributed by atoms with E-state index in [1.54, 1.807) is 0 Å². The molecule has 2 heterocycles. The lowest BCUT2D eigenvalue weighted by Crippen LogP contribution is -2.01. The van der Waals surface area contributed by atoms with E-state index in [-0.39, 0.29) is 27.1 Å². The van der Waals surface area contributed by atoms with Crippen molar-refractivity contribution in [2.24, 2.45) is 0 Å². The van der Waals surface area contributed by atoms with Crippen LogP contribution in [0.2, 0.25) is 10.0 Å². The third-order valence-corrected chi connectivity index (χ3v) is 3.52. The predicted molar refractivity (Wildman–Crippen MR) is 82.4 cm³/mol. The summed E-state index contributed by atoms with van der Waals surface area (Å²) in [5, 5.41) is 41.9. The highest BCUT2D eigenvalue weighted by molar-refractivity contribution is 6.37. The molecular formula is C12H6Cl2N6O4. The Bertz CT molecular complexity index is 940. The number of benzene rings is 1. The lowest BCUT2D eigenvalue weighted by atomic mass is 10.1. The van der Waals surface area contributed by atoms with Crippen molar-refractivity contribution < 1.29 is 15.1 Å². The van der Waals surface area contributed by atoms with Crippen LogP contribution < -0.4 is 0 Å². The summed E-state index contributed by atoms with van der Waals surface area (Å²) in [6.07, 6.45) is 2.67. The number of nitro groups is 1. The zero-order chi connectivity index (χ0) is 17.4. The molecule has 0 unspecified atom stereocenters. The van der Waals surface area contributed by atoms with Crippen molar-refractivity contribution in [1.82, 2.24) is 25.2 Å². The minimum Gasteiger partial charge on any atom is -0.504 e. The third-order valence-electron chi connectivity index (χ3n) is 2.97. The average Bonchev–Trinajstić information content (AvgIpc) is 2.99. The van der Waals surface area contributed by atoms with Crippen LogP contribution in [-0.2, 0) is 0 Å². The summed E-state index contributed by atoms with van der Waals surface area (Å²) >= 11 is 12.0. The van der Waals surface area contributed by atoms with Gasteiger partial charge < -0.3 is 10.2 Å². The van der Waals surface area contributed by atoms with Crippen LogP contribution >= 0.6 is 23.2 Å². The summed E-state index contributed by atoms with van der Waals surface area (Å²) < 4.78 is 0. The summed E-state index contributed by atoms with van der Waals surface area (Å²) in [5.41, 5.74) is -0.393. The molecule has 0 fully saturated rings. The molecule has 3 rings (SSSR count). The Labute approximate surface area is 143 Å². The Hall–Kier alpha value is -2.98. The van der Waals surface area contributed by atoms with Crippen molar-refractivity contribution in [3.05, 3.63) is 44.7 Å². The minimum atomic E-state index is -0.851. The number of nitrogens with zero attached hydrogens (tertiary/aromatic N) is 6. The molecule has 2 N–H and O–H groups in total. The Balaban J connectivity index is 2.11. The Morgan fingerprint density at radius 3 is 2.46 bits per heavy atom. The van der Waals surface area contributed by atoms with Gasteiger partial charge in [0.2, 0.25) is 11.6 Å². The number of phenolic OH excluding ortho intramolecular Hbond substituents is 2. The van der Waals surface area contributed by atoms with E-state index in [1.165, 1.54) is 12.4 Å². The van der Waals surface area contributed by atoms with Gasteiger partial charge >= 0.3 is 5.69 Å². The number of aromatic nitrogens is 5. The average molecular weight is 369 g/mol. The molecule has 3 aromatic rings. The molecule has 0 aliphatic rings. The van der Waals surface area contributed by atoms with E-state index in [0.29, 0.717) is 0 Å². The molecule has 2 aromatic heterocycles. The molecule has 0 bridgehead atoms. The molecule has 10 nitrogen and oxygen atoms in total. The van der Waals surface area contributed by atoms with Crippen LogP contribution in [0, 0.1) is 10.1 Å². The number of nitro benzene ring substituents is 1. The monoisotopic (exact) mass is 368 g/mol. The Morgan fingerprint density at radius 2 is 1.83 bits per heavy atom. The van der Waals surface area contributed by atoms with Gasteiger partial charge in [-0.2, -0.15) is 0 Å². The first-order valence-corrected chi connectivity index (χ1v) is 6.94. The molecule has 0 amide bonds. The normalized spacial score (nSPS) is 10.8. The zero-order valence-corrected chi connectivity index (χ0v) is 13.0. The number of hydrogen-bond acceptors (Lipinski definition) is 8. The smallest absolute Gasteiger partial charge is 0.315 e. The largest absolute Gasteiger partial charge is 0.504 e. The molecule has 24 heavy (non-hydrogen) atoms. The van der Waals surface area contributed by atoms with Crippen LogP contribution in [0.25, 0.3) is 17.1 Å². The van der Waals surface area contributed by atoms with Crippen LogP contribution in [-0.4, -0.2) is 40.3 Å². The number of halogens is 2. The van der Waals surface area contributed by atoms with E-state index >= 15 is 0 Å². The fourth-order valence-electron chi connectivity index (χ4n) is 1.89. The maximum Gasteiger partial charge on any atom is 0.315 e. The molecular weight excluding hydrogens is 363 g/mol. The quantitative estimate of drug-likeness (QED) is 0.407. The highest BCUT2D eigenvalue weighted by Gasteiger charge is 2.22. The van der Waals surface area contributed by atoms with Gasteiger partial charge in [0, 0.05) is 24.0 Å².